The monoisotopic (exact) mass is 328 g/mol. The number of nitrogens with one attached hydrogen (secondary N) is 1. The molecule has 1 saturated heterocycles. The Morgan fingerprint density at radius 1 is 1.27 bits per heavy atom. The van der Waals surface area contributed by atoms with Gasteiger partial charge in [-0.1, -0.05) is 0 Å². The first-order valence-electron chi connectivity index (χ1n) is 7.27. The average molecular weight is 328 g/mol. The summed E-state index contributed by atoms with van der Waals surface area (Å²) in [4.78, 5) is 13.7. The zero-order valence-corrected chi connectivity index (χ0v) is 13.6. The predicted octanol–water partition coefficient (Wildman–Crippen LogP) is 1.66. The number of likely N-dealkylation sites (tertiary alicyclic amines) is 1. The van der Waals surface area contributed by atoms with Gasteiger partial charge in [-0.3, -0.25) is 4.79 Å². The highest BCUT2D eigenvalue weighted by Crippen LogP contribution is 2.18. The van der Waals surface area contributed by atoms with Crippen LogP contribution in [0.1, 0.15) is 19.8 Å². The summed E-state index contributed by atoms with van der Waals surface area (Å²) in [5, 5.41) is 2.31. The van der Waals surface area contributed by atoms with Crippen molar-refractivity contribution in [2.24, 2.45) is 0 Å². The minimum Gasteiger partial charge on any atom is -0.382 e. The Balaban J connectivity index is 1.88. The molecule has 1 aromatic carbocycles. The molecule has 1 aliphatic rings. The fourth-order valence-electron chi connectivity index (χ4n) is 2.47. The van der Waals surface area contributed by atoms with Crippen LogP contribution in [-0.2, 0) is 14.6 Å². The summed E-state index contributed by atoms with van der Waals surface area (Å²) in [6, 6.07) is 6.35. The lowest BCUT2D eigenvalue weighted by molar-refractivity contribution is -0.131. The lowest BCUT2D eigenvalue weighted by Gasteiger charge is -2.34. The molecular weight excluding hydrogens is 307 g/mol. The van der Waals surface area contributed by atoms with Crippen molar-refractivity contribution in [1.29, 1.82) is 0 Å². The Morgan fingerprint density at radius 2 is 1.82 bits per heavy atom. The molecule has 5 nitrogen and oxygen atoms in total. The minimum atomic E-state index is -3.36. The van der Waals surface area contributed by atoms with E-state index in [1.807, 2.05) is 0 Å². The number of anilines is 1. The third-order valence-corrected chi connectivity index (χ3v) is 5.50. The van der Waals surface area contributed by atoms with E-state index in [4.69, 9.17) is 0 Å². The first-order valence-corrected chi connectivity index (χ1v) is 9.22. The van der Waals surface area contributed by atoms with Gasteiger partial charge < -0.3 is 10.2 Å². The fourth-order valence-corrected chi connectivity index (χ4v) is 2.98. The molecule has 0 bridgehead atoms. The standard InChI is InChI=1S/C15H21FN2O3S/c1-11(22(2,20)21)15(19)18-9-7-14(8-10-18)17-13-5-3-12(16)4-6-13/h3-6,11,14,17H,7-10H2,1-2H3/t11-/m0/s1. The summed E-state index contributed by atoms with van der Waals surface area (Å²) in [7, 11) is -3.36. The predicted molar refractivity (Wildman–Crippen MR) is 83.9 cm³/mol. The highest BCUT2D eigenvalue weighted by molar-refractivity contribution is 7.92. The zero-order chi connectivity index (χ0) is 16.3. The zero-order valence-electron chi connectivity index (χ0n) is 12.8. The Labute approximate surface area is 130 Å². The molecule has 1 aliphatic heterocycles. The van der Waals surface area contributed by atoms with E-state index in [0.29, 0.717) is 13.1 Å². The number of carbonyl (C=O) groups excluding carboxylic acids is 1. The van der Waals surface area contributed by atoms with E-state index in [1.165, 1.54) is 19.1 Å². The second-order valence-electron chi connectivity index (χ2n) is 5.72. The van der Waals surface area contributed by atoms with Crippen molar-refractivity contribution >= 4 is 21.4 Å². The number of rotatable bonds is 4. The van der Waals surface area contributed by atoms with Gasteiger partial charge in [0.15, 0.2) is 9.84 Å². The van der Waals surface area contributed by atoms with Gasteiger partial charge in [0.2, 0.25) is 5.91 Å². The first-order chi connectivity index (χ1) is 10.3. The van der Waals surface area contributed by atoms with Crippen LogP contribution in [0.15, 0.2) is 24.3 Å². The van der Waals surface area contributed by atoms with Gasteiger partial charge in [0.05, 0.1) is 0 Å². The van der Waals surface area contributed by atoms with Gasteiger partial charge in [-0.15, -0.1) is 0 Å². The van der Waals surface area contributed by atoms with Crippen molar-refractivity contribution in [1.82, 2.24) is 4.90 Å². The molecule has 0 aliphatic carbocycles. The van der Waals surface area contributed by atoms with Crippen LogP contribution in [0.2, 0.25) is 0 Å². The van der Waals surface area contributed by atoms with Crippen LogP contribution in [0.4, 0.5) is 10.1 Å². The maximum absolute atomic E-state index is 12.9. The Hall–Kier alpha value is -1.63. The number of nitrogens with zero attached hydrogens (tertiary/aromatic N) is 1. The molecule has 1 atom stereocenters. The number of hydrogen-bond acceptors (Lipinski definition) is 4. The number of amides is 1. The molecule has 1 amide bonds. The van der Waals surface area contributed by atoms with Gasteiger partial charge in [0.1, 0.15) is 11.1 Å². The molecule has 22 heavy (non-hydrogen) atoms. The van der Waals surface area contributed by atoms with E-state index in [2.05, 4.69) is 5.32 Å². The first kappa shape index (κ1) is 16.7. The van der Waals surface area contributed by atoms with E-state index in [0.717, 1.165) is 24.8 Å². The summed E-state index contributed by atoms with van der Waals surface area (Å²) in [6.07, 6.45) is 2.55. The van der Waals surface area contributed by atoms with Gasteiger partial charge in [0.25, 0.3) is 0 Å². The summed E-state index contributed by atoms with van der Waals surface area (Å²) >= 11 is 0. The molecule has 7 heteroatoms. The maximum Gasteiger partial charge on any atom is 0.240 e. The molecule has 1 heterocycles. The smallest absolute Gasteiger partial charge is 0.240 e. The van der Waals surface area contributed by atoms with Crippen LogP contribution in [-0.4, -0.2) is 49.9 Å². The summed E-state index contributed by atoms with van der Waals surface area (Å²) in [5.74, 6) is -0.608. The summed E-state index contributed by atoms with van der Waals surface area (Å²) in [6.45, 7) is 2.48. The molecule has 1 fully saturated rings. The molecule has 0 saturated carbocycles. The van der Waals surface area contributed by atoms with Crippen LogP contribution in [0.3, 0.4) is 0 Å². The highest BCUT2D eigenvalue weighted by atomic mass is 32.2. The second-order valence-corrected chi connectivity index (χ2v) is 8.09. The Kier molecular flexibility index (Phi) is 5.05. The molecule has 0 unspecified atom stereocenters. The van der Waals surface area contributed by atoms with E-state index >= 15 is 0 Å². The molecule has 0 aromatic heterocycles. The van der Waals surface area contributed by atoms with Crippen LogP contribution in [0.25, 0.3) is 0 Å². The largest absolute Gasteiger partial charge is 0.382 e. The molecule has 0 radical (unpaired) electrons. The van der Waals surface area contributed by atoms with Gasteiger partial charge >= 0.3 is 0 Å². The van der Waals surface area contributed by atoms with Crippen LogP contribution >= 0.6 is 0 Å². The van der Waals surface area contributed by atoms with Crippen molar-refractivity contribution < 1.29 is 17.6 Å². The van der Waals surface area contributed by atoms with Gasteiger partial charge in [0, 0.05) is 31.1 Å². The lowest BCUT2D eigenvalue weighted by Crippen LogP contribution is -2.47. The number of carbonyl (C=O) groups is 1. The quantitative estimate of drug-likeness (QED) is 0.913. The molecule has 1 aromatic rings. The lowest BCUT2D eigenvalue weighted by atomic mass is 10.0. The third kappa shape index (κ3) is 4.19. The number of piperidine rings is 1. The van der Waals surface area contributed by atoms with Crippen molar-refractivity contribution in [2.45, 2.75) is 31.1 Å². The molecule has 0 spiro atoms. The van der Waals surface area contributed by atoms with E-state index in [9.17, 15) is 17.6 Å². The van der Waals surface area contributed by atoms with Crippen molar-refractivity contribution in [3.05, 3.63) is 30.1 Å². The van der Waals surface area contributed by atoms with Gasteiger partial charge in [-0.05, 0) is 44.0 Å². The van der Waals surface area contributed by atoms with Crippen molar-refractivity contribution in [3.63, 3.8) is 0 Å². The highest BCUT2D eigenvalue weighted by Gasteiger charge is 2.30. The van der Waals surface area contributed by atoms with Gasteiger partial charge in [-0.2, -0.15) is 0 Å². The van der Waals surface area contributed by atoms with Crippen molar-refractivity contribution in [2.75, 3.05) is 24.7 Å². The van der Waals surface area contributed by atoms with Crippen molar-refractivity contribution in [3.8, 4) is 0 Å². The number of benzene rings is 1. The molecule has 2 rings (SSSR count). The van der Waals surface area contributed by atoms with E-state index in [-0.39, 0.29) is 17.8 Å². The maximum atomic E-state index is 12.9. The molecule has 122 valence electrons. The second kappa shape index (κ2) is 6.64. The SMILES string of the molecule is C[C@@H](C(=O)N1CCC(Nc2ccc(F)cc2)CC1)S(C)(=O)=O. The van der Waals surface area contributed by atoms with Crippen LogP contribution in [0, 0.1) is 5.82 Å². The molecular formula is C15H21FN2O3S. The Morgan fingerprint density at radius 3 is 2.32 bits per heavy atom. The van der Waals surface area contributed by atoms with Crippen LogP contribution < -0.4 is 5.32 Å². The Bertz CT molecular complexity index is 623. The minimum absolute atomic E-state index is 0.197. The number of sulfone groups is 1. The average Bonchev–Trinajstić information content (AvgIpc) is 2.48. The van der Waals surface area contributed by atoms with E-state index < -0.39 is 15.1 Å². The molecule has 1 N–H and O–H groups in total. The fraction of sp³-hybridized carbons (Fsp3) is 0.533. The number of hydrogen-bond donors (Lipinski definition) is 1. The summed E-state index contributed by atoms with van der Waals surface area (Å²) in [5.41, 5.74) is 0.843. The van der Waals surface area contributed by atoms with Crippen LogP contribution in [0.5, 0.6) is 0 Å². The third-order valence-electron chi connectivity index (χ3n) is 4.01. The topological polar surface area (TPSA) is 66.5 Å². The van der Waals surface area contributed by atoms with E-state index in [1.54, 1.807) is 17.0 Å². The normalized spacial score (nSPS) is 18.0. The summed E-state index contributed by atoms with van der Waals surface area (Å²) < 4.78 is 35.8. The number of halogens is 1. The van der Waals surface area contributed by atoms with Gasteiger partial charge in [-0.25, -0.2) is 12.8 Å².